The highest BCUT2D eigenvalue weighted by Gasteiger charge is 2.27. The Hall–Kier alpha value is -3.30. The molecule has 1 fully saturated rings. The van der Waals surface area contributed by atoms with E-state index in [-0.39, 0.29) is 17.7 Å². The van der Waals surface area contributed by atoms with Crippen LogP contribution in [0.2, 0.25) is 0 Å². The third-order valence-corrected chi connectivity index (χ3v) is 4.71. The molecule has 1 aliphatic rings. The average molecular weight is 386 g/mol. The largest absolute Gasteiger partial charge is 0.494 e. The summed E-state index contributed by atoms with van der Waals surface area (Å²) in [7, 11) is 1.39. The molecule has 3 heterocycles. The van der Waals surface area contributed by atoms with Gasteiger partial charge in [0.15, 0.2) is 23.1 Å². The number of carbonyl (C=O) groups excluding carboxylic acids is 1. The molecular formula is C18H19FN6O3. The SMILES string of the molecule is COc1ccc(C(=O)N2CCCC(n3cc(-c4nc(C)no4)nn3)C2)cc1F. The zero-order chi connectivity index (χ0) is 19.7. The highest BCUT2D eigenvalue weighted by atomic mass is 19.1. The van der Waals surface area contributed by atoms with Gasteiger partial charge in [0.25, 0.3) is 11.8 Å². The molecule has 1 unspecified atom stereocenters. The topological polar surface area (TPSA) is 99.2 Å². The summed E-state index contributed by atoms with van der Waals surface area (Å²) in [5.41, 5.74) is 0.779. The van der Waals surface area contributed by atoms with Crippen LogP contribution in [0.3, 0.4) is 0 Å². The average Bonchev–Trinajstić information content (AvgIpc) is 3.36. The molecule has 0 spiro atoms. The minimum Gasteiger partial charge on any atom is -0.494 e. The second-order valence-electron chi connectivity index (χ2n) is 6.63. The van der Waals surface area contributed by atoms with Crippen LogP contribution in [0.4, 0.5) is 4.39 Å². The molecule has 1 amide bonds. The minimum atomic E-state index is -0.558. The molecule has 0 aliphatic carbocycles. The maximum atomic E-state index is 13.9. The van der Waals surface area contributed by atoms with Crippen molar-refractivity contribution in [3.63, 3.8) is 0 Å². The standard InChI is InChI=1S/C18H19FN6O3/c1-11-20-17(28-22-11)15-10-25(23-21-15)13-4-3-7-24(9-13)18(26)12-5-6-16(27-2)14(19)8-12/h5-6,8,10,13H,3-4,7,9H2,1-2H3. The summed E-state index contributed by atoms with van der Waals surface area (Å²) in [6.45, 7) is 2.79. The highest BCUT2D eigenvalue weighted by Crippen LogP contribution is 2.25. The Morgan fingerprint density at radius 3 is 2.96 bits per heavy atom. The molecule has 1 aromatic carbocycles. The van der Waals surface area contributed by atoms with Crippen LogP contribution in [0.25, 0.3) is 11.6 Å². The van der Waals surface area contributed by atoms with Gasteiger partial charge in [-0.05, 0) is 38.0 Å². The summed E-state index contributed by atoms with van der Waals surface area (Å²) in [6.07, 6.45) is 3.40. The number of hydrogen-bond donors (Lipinski definition) is 0. The Kier molecular flexibility index (Phi) is 4.76. The molecule has 1 saturated heterocycles. The van der Waals surface area contributed by atoms with Crippen LogP contribution in [0.5, 0.6) is 5.75 Å². The Morgan fingerprint density at radius 1 is 1.39 bits per heavy atom. The van der Waals surface area contributed by atoms with Gasteiger partial charge in [-0.25, -0.2) is 9.07 Å². The Labute approximate surface area is 160 Å². The van der Waals surface area contributed by atoms with Crippen molar-refractivity contribution in [2.75, 3.05) is 20.2 Å². The summed E-state index contributed by atoms with van der Waals surface area (Å²) in [5.74, 6) is 0.156. The van der Waals surface area contributed by atoms with Gasteiger partial charge in [0, 0.05) is 18.7 Å². The number of likely N-dealkylation sites (tertiary alicyclic amines) is 1. The molecule has 1 atom stereocenters. The molecule has 0 saturated carbocycles. The molecular weight excluding hydrogens is 367 g/mol. The molecule has 3 aromatic rings. The van der Waals surface area contributed by atoms with E-state index in [1.807, 2.05) is 0 Å². The molecule has 146 valence electrons. The number of methoxy groups -OCH3 is 1. The minimum absolute atomic E-state index is 0.0361. The fourth-order valence-corrected chi connectivity index (χ4v) is 3.29. The summed E-state index contributed by atoms with van der Waals surface area (Å²) < 4.78 is 25.7. The van der Waals surface area contributed by atoms with E-state index in [2.05, 4.69) is 20.5 Å². The summed E-state index contributed by atoms with van der Waals surface area (Å²) in [5, 5.41) is 12.0. The molecule has 1 aliphatic heterocycles. The predicted molar refractivity (Wildman–Crippen MR) is 95.2 cm³/mol. The Morgan fingerprint density at radius 2 is 2.25 bits per heavy atom. The zero-order valence-corrected chi connectivity index (χ0v) is 15.5. The fraction of sp³-hybridized carbons (Fsp3) is 0.389. The van der Waals surface area contributed by atoms with Crippen LogP contribution < -0.4 is 4.74 Å². The van der Waals surface area contributed by atoms with Gasteiger partial charge in [-0.2, -0.15) is 4.98 Å². The monoisotopic (exact) mass is 386 g/mol. The molecule has 0 N–H and O–H groups in total. The third-order valence-electron chi connectivity index (χ3n) is 4.71. The lowest BCUT2D eigenvalue weighted by Crippen LogP contribution is -2.40. The molecule has 0 bridgehead atoms. The van der Waals surface area contributed by atoms with Gasteiger partial charge in [-0.15, -0.1) is 5.10 Å². The van der Waals surface area contributed by atoms with Crippen LogP contribution >= 0.6 is 0 Å². The van der Waals surface area contributed by atoms with E-state index in [0.717, 1.165) is 12.8 Å². The number of halogens is 1. The van der Waals surface area contributed by atoms with Crippen LogP contribution in [0.1, 0.15) is 35.1 Å². The number of ether oxygens (including phenoxy) is 1. The first-order valence-corrected chi connectivity index (χ1v) is 8.90. The number of carbonyl (C=O) groups is 1. The van der Waals surface area contributed by atoms with Gasteiger partial charge in [-0.1, -0.05) is 10.4 Å². The first kappa shape index (κ1) is 18.1. The summed E-state index contributed by atoms with van der Waals surface area (Å²) in [6, 6.07) is 4.20. The number of nitrogens with zero attached hydrogens (tertiary/aromatic N) is 6. The lowest BCUT2D eigenvalue weighted by molar-refractivity contribution is 0.0671. The highest BCUT2D eigenvalue weighted by molar-refractivity contribution is 5.94. The maximum absolute atomic E-state index is 13.9. The fourth-order valence-electron chi connectivity index (χ4n) is 3.29. The van der Waals surface area contributed by atoms with Crippen molar-refractivity contribution in [1.29, 1.82) is 0 Å². The Bertz CT molecular complexity index is 1000. The van der Waals surface area contributed by atoms with E-state index in [1.54, 1.807) is 28.8 Å². The number of piperidine rings is 1. The van der Waals surface area contributed by atoms with E-state index in [0.29, 0.717) is 36.1 Å². The van der Waals surface area contributed by atoms with Crippen LogP contribution in [0.15, 0.2) is 28.9 Å². The van der Waals surface area contributed by atoms with Crippen molar-refractivity contribution in [2.24, 2.45) is 0 Å². The first-order valence-electron chi connectivity index (χ1n) is 8.90. The van der Waals surface area contributed by atoms with Crippen molar-refractivity contribution in [3.05, 3.63) is 41.6 Å². The van der Waals surface area contributed by atoms with Gasteiger partial charge < -0.3 is 14.2 Å². The molecule has 2 aromatic heterocycles. The summed E-state index contributed by atoms with van der Waals surface area (Å²) >= 11 is 0. The number of aryl methyl sites for hydroxylation is 1. The number of benzene rings is 1. The smallest absolute Gasteiger partial charge is 0.280 e. The van der Waals surface area contributed by atoms with Crippen LogP contribution in [0, 0.1) is 12.7 Å². The number of hydrogen-bond acceptors (Lipinski definition) is 7. The number of aromatic nitrogens is 5. The van der Waals surface area contributed by atoms with E-state index < -0.39 is 5.82 Å². The normalized spacial score (nSPS) is 17.0. The van der Waals surface area contributed by atoms with Crippen molar-refractivity contribution in [2.45, 2.75) is 25.8 Å². The quantitative estimate of drug-likeness (QED) is 0.678. The lowest BCUT2D eigenvalue weighted by atomic mass is 10.0. The lowest BCUT2D eigenvalue weighted by Gasteiger charge is -2.32. The van der Waals surface area contributed by atoms with Gasteiger partial charge in [0.2, 0.25) is 0 Å². The number of amides is 1. The van der Waals surface area contributed by atoms with Crippen LogP contribution in [-0.2, 0) is 0 Å². The second-order valence-corrected chi connectivity index (χ2v) is 6.63. The van der Waals surface area contributed by atoms with E-state index in [4.69, 9.17) is 9.26 Å². The van der Waals surface area contributed by atoms with E-state index in [9.17, 15) is 9.18 Å². The van der Waals surface area contributed by atoms with Crippen molar-refractivity contribution in [3.8, 4) is 17.3 Å². The molecule has 0 radical (unpaired) electrons. The zero-order valence-electron chi connectivity index (χ0n) is 15.5. The van der Waals surface area contributed by atoms with Gasteiger partial charge in [0.1, 0.15) is 0 Å². The van der Waals surface area contributed by atoms with Gasteiger partial charge >= 0.3 is 0 Å². The first-order chi connectivity index (χ1) is 13.5. The maximum Gasteiger partial charge on any atom is 0.280 e. The van der Waals surface area contributed by atoms with Gasteiger partial charge in [-0.3, -0.25) is 4.79 Å². The Balaban J connectivity index is 1.49. The molecule has 9 nitrogen and oxygen atoms in total. The van der Waals surface area contributed by atoms with Crippen molar-refractivity contribution < 1.29 is 18.4 Å². The van der Waals surface area contributed by atoms with Crippen molar-refractivity contribution >= 4 is 5.91 Å². The van der Waals surface area contributed by atoms with E-state index >= 15 is 0 Å². The predicted octanol–water partition coefficient (Wildman–Crippen LogP) is 2.26. The van der Waals surface area contributed by atoms with Crippen LogP contribution in [-0.4, -0.2) is 56.1 Å². The van der Waals surface area contributed by atoms with Crippen molar-refractivity contribution in [1.82, 2.24) is 30.0 Å². The number of rotatable bonds is 4. The molecule has 10 heteroatoms. The summed E-state index contributed by atoms with van der Waals surface area (Å²) in [4.78, 5) is 18.6. The third kappa shape index (κ3) is 3.45. The molecule has 4 rings (SSSR count). The molecule has 28 heavy (non-hydrogen) atoms. The van der Waals surface area contributed by atoms with E-state index in [1.165, 1.54) is 19.2 Å². The van der Waals surface area contributed by atoms with Gasteiger partial charge in [0.05, 0.1) is 19.3 Å². The second kappa shape index (κ2) is 7.37.